The molecule has 1 fully saturated rings. The van der Waals surface area contributed by atoms with Gasteiger partial charge in [-0.25, -0.2) is 9.78 Å². The van der Waals surface area contributed by atoms with Crippen LogP contribution < -0.4 is 5.32 Å². The number of anilines is 1. The first kappa shape index (κ1) is 11.7. The standard InChI is InChI=1S/C10H9F3N2O2/c11-10(12,13)7-3-5(9(16)17)4-8(15-7)14-6-1-2-6/h3-4,6H,1-2H2,(H,14,15)(H,16,17). The first-order valence-corrected chi connectivity index (χ1v) is 4.95. The number of carboxylic acids is 1. The van der Waals surface area contributed by atoms with Crippen molar-refractivity contribution < 1.29 is 23.1 Å². The van der Waals surface area contributed by atoms with Gasteiger partial charge in [0.1, 0.15) is 11.5 Å². The normalized spacial score (nSPS) is 15.7. The molecule has 4 nitrogen and oxygen atoms in total. The SMILES string of the molecule is O=C(O)c1cc(NC2CC2)nc(C(F)(F)F)c1. The van der Waals surface area contributed by atoms with Crippen molar-refractivity contribution in [2.45, 2.75) is 25.1 Å². The largest absolute Gasteiger partial charge is 0.478 e. The highest BCUT2D eigenvalue weighted by atomic mass is 19.4. The lowest BCUT2D eigenvalue weighted by atomic mass is 10.2. The number of alkyl halides is 3. The Morgan fingerprint density at radius 1 is 1.41 bits per heavy atom. The van der Waals surface area contributed by atoms with Crippen LogP contribution in [-0.2, 0) is 6.18 Å². The molecule has 2 rings (SSSR count). The lowest BCUT2D eigenvalue weighted by Gasteiger charge is -2.10. The van der Waals surface area contributed by atoms with Crippen molar-refractivity contribution in [3.63, 3.8) is 0 Å². The van der Waals surface area contributed by atoms with E-state index in [9.17, 15) is 18.0 Å². The monoisotopic (exact) mass is 246 g/mol. The quantitative estimate of drug-likeness (QED) is 0.859. The van der Waals surface area contributed by atoms with Gasteiger partial charge in [-0.3, -0.25) is 0 Å². The van der Waals surface area contributed by atoms with Crippen LogP contribution in [0, 0.1) is 0 Å². The summed E-state index contributed by atoms with van der Waals surface area (Å²) in [5.74, 6) is -1.45. The van der Waals surface area contributed by atoms with Gasteiger partial charge in [0.2, 0.25) is 0 Å². The number of aromatic nitrogens is 1. The second-order valence-corrected chi connectivity index (χ2v) is 3.85. The molecule has 0 aromatic carbocycles. The molecule has 0 aliphatic heterocycles. The number of carbonyl (C=O) groups is 1. The molecule has 0 unspecified atom stereocenters. The van der Waals surface area contributed by atoms with Crippen LogP contribution in [0.3, 0.4) is 0 Å². The molecule has 1 heterocycles. The molecule has 7 heteroatoms. The second-order valence-electron chi connectivity index (χ2n) is 3.85. The Kier molecular flexibility index (Phi) is 2.68. The number of aromatic carboxylic acids is 1. The van der Waals surface area contributed by atoms with Gasteiger partial charge in [0.05, 0.1) is 5.56 Å². The summed E-state index contributed by atoms with van der Waals surface area (Å²) < 4.78 is 37.4. The van der Waals surface area contributed by atoms with E-state index < -0.39 is 23.4 Å². The first-order chi connectivity index (χ1) is 7.86. The lowest BCUT2D eigenvalue weighted by molar-refractivity contribution is -0.141. The molecule has 17 heavy (non-hydrogen) atoms. The fourth-order valence-electron chi connectivity index (χ4n) is 1.31. The maximum absolute atomic E-state index is 12.5. The number of carboxylic acid groups (broad SMARTS) is 1. The third kappa shape index (κ3) is 2.86. The number of pyridine rings is 1. The molecule has 0 atom stereocenters. The van der Waals surface area contributed by atoms with Gasteiger partial charge >= 0.3 is 12.1 Å². The van der Waals surface area contributed by atoms with Crippen molar-refractivity contribution >= 4 is 11.8 Å². The zero-order valence-electron chi connectivity index (χ0n) is 8.58. The number of hydrogen-bond donors (Lipinski definition) is 2. The van der Waals surface area contributed by atoms with E-state index in [-0.39, 0.29) is 11.9 Å². The predicted molar refractivity (Wildman–Crippen MR) is 52.8 cm³/mol. The van der Waals surface area contributed by atoms with Crippen molar-refractivity contribution in [3.05, 3.63) is 23.4 Å². The summed E-state index contributed by atoms with van der Waals surface area (Å²) in [7, 11) is 0. The van der Waals surface area contributed by atoms with Crippen molar-refractivity contribution in [1.82, 2.24) is 4.98 Å². The average molecular weight is 246 g/mol. The van der Waals surface area contributed by atoms with Crippen LogP contribution in [0.4, 0.5) is 19.0 Å². The average Bonchev–Trinajstić information content (AvgIpc) is 2.99. The summed E-state index contributed by atoms with van der Waals surface area (Å²) >= 11 is 0. The van der Waals surface area contributed by atoms with E-state index in [1.54, 1.807) is 0 Å². The predicted octanol–water partition coefficient (Wildman–Crippen LogP) is 2.37. The van der Waals surface area contributed by atoms with E-state index in [1.807, 2.05) is 0 Å². The summed E-state index contributed by atoms with van der Waals surface area (Å²) in [6, 6.07) is 1.74. The van der Waals surface area contributed by atoms with Gasteiger partial charge in [-0.1, -0.05) is 0 Å². The molecule has 1 aliphatic carbocycles. The molecule has 0 bridgehead atoms. The summed E-state index contributed by atoms with van der Waals surface area (Å²) in [4.78, 5) is 14.1. The zero-order valence-corrected chi connectivity index (χ0v) is 8.58. The highest BCUT2D eigenvalue weighted by molar-refractivity contribution is 5.88. The van der Waals surface area contributed by atoms with E-state index in [1.165, 1.54) is 0 Å². The highest BCUT2D eigenvalue weighted by Gasteiger charge is 2.34. The molecule has 0 saturated heterocycles. The summed E-state index contributed by atoms with van der Waals surface area (Å²) in [6.45, 7) is 0. The number of rotatable bonds is 3. The number of nitrogens with zero attached hydrogens (tertiary/aromatic N) is 1. The molecule has 0 amide bonds. The molecule has 1 saturated carbocycles. The molecule has 1 aromatic rings. The summed E-state index contributed by atoms with van der Waals surface area (Å²) in [5, 5.41) is 11.5. The summed E-state index contributed by atoms with van der Waals surface area (Å²) in [5.41, 5.74) is -1.61. The third-order valence-electron chi connectivity index (χ3n) is 2.29. The Labute approximate surface area is 94.5 Å². The van der Waals surface area contributed by atoms with E-state index in [0.29, 0.717) is 6.07 Å². The minimum absolute atomic E-state index is 0.0419. The molecule has 92 valence electrons. The van der Waals surface area contributed by atoms with Crippen LogP contribution in [-0.4, -0.2) is 22.1 Å². The minimum atomic E-state index is -4.65. The van der Waals surface area contributed by atoms with E-state index in [2.05, 4.69) is 10.3 Å². The Hall–Kier alpha value is -1.79. The van der Waals surface area contributed by atoms with Crippen molar-refractivity contribution in [2.24, 2.45) is 0 Å². The lowest BCUT2D eigenvalue weighted by Crippen LogP contribution is -2.13. The number of halogens is 3. The maximum atomic E-state index is 12.5. The van der Waals surface area contributed by atoms with Crippen LogP contribution in [0.1, 0.15) is 28.9 Å². The van der Waals surface area contributed by atoms with Gasteiger partial charge < -0.3 is 10.4 Å². The van der Waals surface area contributed by atoms with Gasteiger partial charge in [0.25, 0.3) is 0 Å². The smallest absolute Gasteiger partial charge is 0.433 e. The Morgan fingerprint density at radius 3 is 2.53 bits per heavy atom. The molecular formula is C10H9F3N2O2. The molecular weight excluding hydrogens is 237 g/mol. The second kappa shape index (κ2) is 3.90. The van der Waals surface area contributed by atoms with Crippen molar-refractivity contribution in [3.8, 4) is 0 Å². The van der Waals surface area contributed by atoms with Gasteiger partial charge in [-0.2, -0.15) is 13.2 Å². The minimum Gasteiger partial charge on any atom is -0.478 e. The van der Waals surface area contributed by atoms with Crippen LogP contribution in [0.15, 0.2) is 12.1 Å². The highest BCUT2D eigenvalue weighted by Crippen LogP contribution is 2.31. The Balaban J connectivity index is 2.37. The van der Waals surface area contributed by atoms with Gasteiger partial charge in [0, 0.05) is 6.04 Å². The maximum Gasteiger partial charge on any atom is 0.433 e. The molecule has 0 radical (unpaired) electrons. The van der Waals surface area contributed by atoms with Crippen LogP contribution >= 0.6 is 0 Å². The fraction of sp³-hybridized carbons (Fsp3) is 0.400. The first-order valence-electron chi connectivity index (χ1n) is 4.95. The third-order valence-corrected chi connectivity index (χ3v) is 2.29. The zero-order chi connectivity index (χ0) is 12.6. The van der Waals surface area contributed by atoms with Gasteiger partial charge in [-0.15, -0.1) is 0 Å². The van der Waals surface area contributed by atoms with Gasteiger partial charge in [0.15, 0.2) is 0 Å². The Morgan fingerprint density at radius 2 is 2.06 bits per heavy atom. The molecule has 2 N–H and O–H groups in total. The van der Waals surface area contributed by atoms with E-state index in [0.717, 1.165) is 18.9 Å². The molecule has 0 spiro atoms. The molecule has 1 aromatic heterocycles. The Bertz CT molecular complexity index is 455. The molecule has 1 aliphatic rings. The van der Waals surface area contributed by atoms with Crippen molar-refractivity contribution in [1.29, 1.82) is 0 Å². The van der Waals surface area contributed by atoms with Crippen LogP contribution in [0.25, 0.3) is 0 Å². The number of hydrogen-bond acceptors (Lipinski definition) is 3. The van der Waals surface area contributed by atoms with E-state index >= 15 is 0 Å². The fourth-order valence-corrected chi connectivity index (χ4v) is 1.31. The topological polar surface area (TPSA) is 62.2 Å². The van der Waals surface area contributed by atoms with Gasteiger partial charge in [-0.05, 0) is 25.0 Å². The summed E-state index contributed by atoms with van der Waals surface area (Å²) in [6.07, 6.45) is -2.92. The van der Waals surface area contributed by atoms with Crippen LogP contribution in [0.5, 0.6) is 0 Å². The van der Waals surface area contributed by atoms with Crippen molar-refractivity contribution in [2.75, 3.05) is 5.32 Å². The van der Waals surface area contributed by atoms with Crippen LogP contribution in [0.2, 0.25) is 0 Å². The number of nitrogens with one attached hydrogen (secondary N) is 1. The van der Waals surface area contributed by atoms with E-state index in [4.69, 9.17) is 5.11 Å².